The van der Waals surface area contributed by atoms with E-state index in [9.17, 15) is 14.0 Å². The summed E-state index contributed by atoms with van der Waals surface area (Å²) in [6.45, 7) is 10.2. The van der Waals surface area contributed by atoms with E-state index < -0.39 is 17.6 Å². The molecule has 174 valence electrons. The van der Waals surface area contributed by atoms with Crippen molar-refractivity contribution in [2.45, 2.75) is 46.6 Å². The zero-order valence-electron chi connectivity index (χ0n) is 20.2. The van der Waals surface area contributed by atoms with Crippen LogP contribution in [-0.2, 0) is 21.5 Å². The van der Waals surface area contributed by atoms with Crippen molar-refractivity contribution < 1.29 is 14.0 Å². The molecule has 0 fully saturated rings. The minimum Gasteiger partial charge on any atom is -0.350 e. The largest absolute Gasteiger partial charge is 0.350 e. The summed E-state index contributed by atoms with van der Waals surface area (Å²) >= 11 is 0. The molecule has 1 aliphatic rings. The summed E-state index contributed by atoms with van der Waals surface area (Å²) in [5.41, 5.74) is 5.43. The Labute approximate surface area is 200 Å². The normalized spacial score (nSPS) is 14.2. The van der Waals surface area contributed by atoms with Crippen LogP contribution < -0.4 is 5.32 Å². The van der Waals surface area contributed by atoms with E-state index in [4.69, 9.17) is 0 Å². The molecule has 1 aliphatic heterocycles. The molecular weight excluding hydrogens is 427 g/mol. The number of carbonyl (C=O) groups is 2. The summed E-state index contributed by atoms with van der Waals surface area (Å²) in [6.07, 6.45) is 0. The molecule has 0 atom stereocenters. The van der Waals surface area contributed by atoms with Gasteiger partial charge >= 0.3 is 0 Å². The third-order valence-electron chi connectivity index (χ3n) is 6.27. The van der Waals surface area contributed by atoms with E-state index in [1.54, 1.807) is 18.2 Å². The van der Waals surface area contributed by atoms with Crippen LogP contribution in [0.25, 0.3) is 5.57 Å². The van der Waals surface area contributed by atoms with E-state index in [-0.39, 0.29) is 17.7 Å². The molecule has 0 saturated heterocycles. The molecule has 0 spiro atoms. The molecule has 4 rings (SSSR count). The number of nitrogens with zero attached hydrogens (tertiary/aromatic N) is 1. The Hall–Kier alpha value is -3.73. The number of imide groups is 1. The highest BCUT2D eigenvalue weighted by atomic mass is 19.1. The third-order valence-corrected chi connectivity index (χ3v) is 6.27. The van der Waals surface area contributed by atoms with Crippen LogP contribution in [0.5, 0.6) is 0 Å². The summed E-state index contributed by atoms with van der Waals surface area (Å²) in [4.78, 5) is 28.1. The zero-order chi connectivity index (χ0) is 24.6. The third kappa shape index (κ3) is 4.51. The van der Waals surface area contributed by atoms with Gasteiger partial charge in [0.1, 0.15) is 11.5 Å². The van der Waals surface area contributed by atoms with E-state index in [1.165, 1.54) is 6.07 Å². The molecule has 0 radical (unpaired) electrons. The van der Waals surface area contributed by atoms with Crippen LogP contribution in [0.15, 0.2) is 72.4 Å². The number of anilines is 1. The number of benzene rings is 3. The SMILES string of the molecule is Cc1ccc(C2=C(Nc3ccc(C(C)(C)C)cc3)C(=O)N(Cc3ccccc3F)C2=O)cc1C. The van der Waals surface area contributed by atoms with Crippen LogP contribution in [0.4, 0.5) is 10.1 Å². The number of halogens is 1. The lowest BCUT2D eigenvalue weighted by Crippen LogP contribution is -2.32. The van der Waals surface area contributed by atoms with Gasteiger partial charge in [0.25, 0.3) is 11.8 Å². The molecular formula is C29H29FN2O2. The highest BCUT2D eigenvalue weighted by Gasteiger charge is 2.39. The number of nitrogens with one attached hydrogen (secondary N) is 1. The first-order chi connectivity index (χ1) is 16.1. The Balaban J connectivity index is 1.75. The van der Waals surface area contributed by atoms with Gasteiger partial charge in [-0.1, -0.05) is 69.3 Å². The molecule has 4 nitrogen and oxygen atoms in total. The predicted octanol–water partition coefficient (Wildman–Crippen LogP) is 6.13. The molecule has 0 aromatic heterocycles. The van der Waals surface area contributed by atoms with E-state index >= 15 is 0 Å². The highest BCUT2D eigenvalue weighted by Crippen LogP contribution is 2.33. The number of amides is 2. The van der Waals surface area contributed by atoms with Crippen molar-refractivity contribution in [2.75, 3.05) is 5.32 Å². The summed E-state index contributed by atoms with van der Waals surface area (Å²) in [5, 5.41) is 3.19. The fraction of sp³-hybridized carbons (Fsp3) is 0.241. The second-order valence-corrected chi connectivity index (χ2v) is 9.79. The van der Waals surface area contributed by atoms with Crippen molar-refractivity contribution in [3.8, 4) is 0 Å². The van der Waals surface area contributed by atoms with Gasteiger partial charge in [-0.05, 0) is 59.7 Å². The summed E-state index contributed by atoms with van der Waals surface area (Å²) in [5.74, 6) is -1.36. The predicted molar refractivity (Wildman–Crippen MR) is 134 cm³/mol. The van der Waals surface area contributed by atoms with Crippen molar-refractivity contribution in [1.29, 1.82) is 0 Å². The van der Waals surface area contributed by atoms with Gasteiger partial charge in [-0.15, -0.1) is 0 Å². The Bertz CT molecular complexity index is 1300. The fourth-order valence-electron chi connectivity index (χ4n) is 4.00. The van der Waals surface area contributed by atoms with Crippen molar-refractivity contribution in [3.05, 3.63) is 106 Å². The van der Waals surface area contributed by atoms with E-state index in [0.717, 1.165) is 21.6 Å². The number of hydrogen-bond acceptors (Lipinski definition) is 3. The molecule has 0 unspecified atom stereocenters. The standard InChI is InChI=1S/C29H29FN2O2/c1-18-10-11-20(16-19(18)2)25-26(31-23-14-12-22(13-15-23)29(3,4)5)28(34)32(27(25)33)17-21-8-6-7-9-24(21)30/h6-16,31H,17H2,1-5H3. The van der Waals surface area contributed by atoms with Gasteiger partial charge in [0, 0.05) is 11.3 Å². The summed E-state index contributed by atoms with van der Waals surface area (Å²) < 4.78 is 14.3. The minimum atomic E-state index is -0.471. The van der Waals surface area contributed by atoms with Gasteiger partial charge < -0.3 is 5.32 Å². The molecule has 0 bridgehead atoms. The highest BCUT2D eigenvalue weighted by molar-refractivity contribution is 6.36. The second-order valence-electron chi connectivity index (χ2n) is 9.79. The van der Waals surface area contributed by atoms with Crippen molar-refractivity contribution in [2.24, 2.45) is 0 Å². The maximum Gasteiger partial charge on any atom is 0.278 e. The lowest BCUT2D eigenvalue weighted by molar-refractivity contribution is -0.137. The minimum absolute atomic E-state index is 0.00190. The van der Waals surface area contributed by atoms with Gasteiger partial charge in [-0.3, -0.25) is 14.5 Å². The number of rotatable bonds is 5. The monoisotopic (exact) mass is 456 g/mol. The van der Waals surface area contributed by atoms with E-state index in [1.807, 2.05) is 56.3 Å². The zero-order valence-corrected chi connectivity index (χ0v) is 20.2. The molecule has 3 aromatic rings. The maximum atomic E-state index is 14.3. The average molecular weight is 457 g/mol. The van der Waals surface area contributed by atoms with E-state index in [2.05, 4.69) is 26.1 Å². The van der Waals surface area contributed by atoms with Gasteiger partial charge in [0.15, 0.2) is 0 Å². The molecule has 1 N–H and O–H groups in total. The lowest BCUT2D eigenvalue weighted by atomic mass is 9.87. The van der Waals surface area contributed by atoms with Crippen LogP contribution in [0, 0.1) is 19.7 Å². The van der Waals surface area contributed by atoms with Gasteiger partial charge in [-0.25, -0.2) is 4.39 Å². The Kier molecular flexibility index (Phi) is 6.13. The number of aryl methyl sites for hydroxylation is 2. The Morgan fingerprint density at radius 1 is 0.853 bits per heavy atom. The van der Waals surface area contributed by atoms with Gasteiger partial charge in [0.05, 0.1) is 12.1 Å². The Morgan fingerprint density at radius 2 is 1.53 bits per heavy atom. The maximum absolute atomic E-state index is 14.3. The van der Waals surface area contributed by atoms with Crippen molar-refractivity contribution >= 4 is 23.1 Å². The molecule has 0 saturated carbocycles. The average Bonchev–Trinajstić information content (AvgIpc) is 3.01. The van der Waals surface area contributed by atoms with Crippen LogP contribution >= 0.6 is 0 Å². The van der Waals surface area contributed by atoms with Crippen LogP contribution in [-0.4, -0.2) is 16.7 Å². The molecule has 5 heteroatoms. The van der Waals surface area contributed by atoms with Crippen molar-refractivity contribution in [3.63, 3.8) is 0 Å². The van der Waals surface area contributed by atoms with Gasteiger partial charge in [-0.2, -0.15) is 0 Å². The molecule has 0 aliphatic carbocycles. The molecule has 1 heterocycles. The topological polar surface area (TPSA) is 49.4 Å². The number of hydrogen-bond donors (Lipinski definition) is 1. The molecule has 2 amide bonds. The van der Waals surface area contributed by atoms with Crippen LogP contribution in [0.1, 0.15) is 48.6 Å². The summed E-state index contributed by atoms with van der Waals surface area (Å²) in [6, 6.07) is 19.7. The molecule has 3 aromatic carbocycles. The first-order valence-electron chi connectivity index (χ1n) is 11.4. The van der Waals surface area contributed by atoms with Crippen LogP contribution in [0.2, 0.25) is 0 Å². The van der Waals surface area contributed by atoms with Gasteiger partial charge in [0.2, 0.25) is 0 Å². The van der Waals surface area contributed by atoms with E-state index in [0.29, 0.717) is 22.4 Å². The summed E-state index contributed by atoms with van der Waals surface area (Å²) in [7, 11) is 0. The lowest BCUT2D eigenvalue weighted by Gasteiger charge is -2.19. The first-order valence-corrected chi connectivity index (χ1v) is 11.4. The smallest absolute Gasteiger partial charge is 0.278 e. The fourth-order valence-corrected chi connectivity index (χ4v) is 4.00. The van der Waals surface area contributed by atoms with Crippen LogP contribution in [0.3, 0.4) is 0 Å². The first kappa shape index (κ1) is 23.4. The Morgan fingerprint density at radius 3 is 2.15 bits per heavy atom. The number of carbonyl (C=O) groups excluding carboxylic acids is 2. The molecule has 34 heavy (non-hydrogen) atoms. The second kappa shape index (κ2) is 8.90. The quantitative estimate of drug-likeness (QED) is 0.470. The van der Waals surface area contributed by atoms with Crippen molar-refractivity contribution in [1.82, 2.24) is 4.90 Å².